The van der Waals surface area contributed by atoms with Crippen LogP contribution in [0.5, 0.6) is 0 Å². The summed E-state index contributed by atoms with van der Waals surface area (Å²) in [7, 11) is 0. The van der Waals surface area contributed by atoms with Gasteiger partial charge in [0.2, 0.25) is 0 Å². The second-order valence-electron chi connectivity index (χ2n) is 2.79. The monoisotopic (exact) mass is 257 g/mol. The molecule has 0 amide bonds. The van der Waals surface area contributed by atoms with E-state index in [0.717, 1.165) is 6.20 Å². The van der Waals surface area contributed by atoms with Crippen molar-refractivity contribution in [2.24, 2.45) is 0 Å². The fourth-order valence-corrected chi connectivity index (χ4v) is 1.02. The molecule has 0 spiro atoms. The molecule has 0 saturated carbocycles. The molecule has 0 unspecified atom stereocenters. The van der Waals surface area contributed by atoms with Gasteiger partial charge in [0.1, 0.15) is 11.3 Å². The lowest BCUT2D eigenvalue weighted by atomic mass is 10.5. The molecule has 0 radical (unpaired) electrons. The highest BCUT2D eigenvalue weighted by Crippen LogP contribution is 2.29. The van der Waals surface area contributed by atoms with E-state index in [-0.39, 0.29) is 5.06 Å². The van der Waals surface area contributed by atoms with Gasteiger partial charge in [-0.3, -0.25) is 20.4 Å². The summed E-state index contributed by atoms with van der Waals surface area (Å²) in [5.74, 6) is -0.543. The second kappa shape index (κ2) is 4.06. The summed E-state index contributed by atoms with van der Waals surface area (Å²) in [4.78, 5) is 19.0. The Labute approximate surface area is 95.9 Å². The normalized spacial score (nSPS) is 10.3. The van der Waals surface area contributed by atoms with Crippen LogP contribution in [0.1, 0.15) is 0 Å². The highest BCUT2D eigenvalue weighted by atomic mass is 16.7. The molecule has 0 atom stereocenters. The molecule has 2 rings (SSSR count). The van der Waals surface area contributed by atoms with Crippen molar-refractivity contribution < 1.29 is 19.5 Å². The third kappa shape index (κ3) is 1.80. The number of nitrogens with one attached hydrogen (secondary N) is 1. The van der Waals surface area contributed by atoms with Crippen LogP contribution in [0.4, 0.5) is 23.5 Å². The fraction of sp³-hybridized carbons (Fsp3) is 0. The van der Waals surface area contributed by atoms with Gasteiger partial charge in [0.25, 0.3) is 5.82 Å². The zero-order chi connectivity index (χ0) is 13.3. The number of anilines is 2. The van der Waals surface area contributed by atoms with Gasteiger partial charge >= 0.3 is 17.7 Å². The van der Waals surface area contributed by atoms with E-state index >= 15 is 0 Å². The third-order valence-corrected chi connectivity index (χ3v) is 1.74. The summed E-state index contributed by atoms with van der Waals surface area (Å²) in [5.41, 5.74) is -0.571. The average Bonchev–Trinajstić information content (AvgIpc) is 2.97. The van der Waals surface area contributed by atoms with E-state index < -0.39 is 33.4 Å². The topological polar surface area (TPSA) is 177 Å². The van der Waals surface area contributed by atoms with E-state index in [1.54, 1.807) is 0 Å². The van der Waals surface area contributed by atoms with Crippen molar-refractivity contribution in [1.82, 2.24) is 20.4 Å². The van der Waals surface area contributed by atoms with Crippen molar-refractivity contribution in [3.8, 4) is 0 Å². The number of aromatic nitrogens is 4. The number of nitro groups is 2. The summed E-state index contributed by atoms with van der Waals surface area (Å²) in [6.45, 7) is 0. The Bertz CT molecular complexity index is 603. The standard InChI is InChI=1S/C5H3N7O6/c13-10(3-2(11(14)15)1-6-7-3)4-8-9-5(18-4)12(16)17/h1,13H,(H,6,7). The van der Waals surface area contributed by atoms with Gasteiger partial charge in [-0.15, -0.1) is 10.2 Å². The van der Waals surface area contributed by atoms with Crippen LogP contribution in [-0.2, 0) is 0 Å². The lowest BCUT2D eigenvalue weighted by Gasteiger charge is -2.04. The Morgan fingerprint density at radius 2 is 2.06 bits per heavy atom. The summed E-state index contributed by atoms with van der Waals surface area (Å²) < 4.78 is 4.44. The molecular formula is C5H3N7O6. The molecule has 0 bridgehead atoms. The minimum atomic E-state index is -0.983. The van der Waals surface area contributed by atoms with E-state index in [4.69, 9.17) is 0 Å². The van der Waals surface area contributed by atoms with Crippen LogP contribution in [0.15, 0.2) is 10.6 Å². The Morgan fingerprint density at radius 3 is 2.61 bits per heavy atom. The minimum absolute atomic E-state index is 0.0641. The van der Waals surface area contributed by atoms with Gasteiger partial charge in [-0.2, -0.15) is 0 Å². The van der Waals surface area contributed by atoms with Gasteiger partial charge in [-0.05, 0) is 0 Å². The van der Waals surface area contributed by atoms with Crippen LogP contribution in [0, 0.1) is 20.2 Å². The van der Waals surface area contributed by atoms with Crippen LogP contribution < -0.4 is 5.06 Å². The smallest absolute Gasteiger partial charge is 0.355 e. The van der Waals surface area contributed by atoms with Crippen molar-refractivity contribution in [1.29, 1.82) is 0 Å². The van der Waals surface area contributed by atoms with Crippen molar-refractivity contribution >= 4 is 23.5 Å². The SMILES string of the molecule is O=[N+]([O-])c1nnc(N(O)c2n[nH]cc2[N+](=O)[O-])o1. The van der Waals surface area contributed by atoms with Crippen molar-refractivity contribution in [2.45, 2.75) is 0 Å². The predicted molar refractivity (Wildman–Crippen MR) is 50.1 cm³/mol. The Kier molecular flexibility index (Phi) is 2.57. The molecule has 0 aliphatic carbocycles. The van der Waals surface area contributed by atoms with Gasteiger partial charge in [0, 0.05) is 10.0 Å². The zero-order valence-corrected chi connectivity index (χ0v) is 8.25. The molecule has 13 nitrogen and oxygen atoms in total. The first-order valence-corrected chi connectivity index (χ1v) is 4.15. The van der Waals surface area contributed by atoms with E-state index in [0.29, 0.717) is 0 Å². The highest BCUT2D eigenvalue weighted by Gasteiger charge is 2.29. The fourth-order valence-electron chi connectivity index (χ4n) is 1.02. The summed E-state index contributed by atoms with van der Waals surface area (Å²) in [5, 5.41) is 42.1. The average molecular weight is 257 g/mol. The molecule has 18 heavy (non-hydrogen) atoms. The van der Waals surface area contributed by atoms with Crippen LogP contribution in [-0.4, -0.2) is 35.4 Å². The van der Waals surface area contributed by atoms with Crippen molar-refractivity contribution in [3.05, 3.63) is 26.4 Å². The van der Waals surface area contributed by atoms with Crippen LogP contribution >= 0.6 is 0 Å². The first kappa shape index (κ1) is 11.4. The van der Waals surface area contributed by atoms with E-state index in [2.05, 4.69) is 24.8 Å². The van der Waals surface area contributed by atoms with Gasteiger partial charge < -0.3 is 14.5 Å². The van der Waals surface area contributed by atoms with Crippen molar-refractivity contribution in [2.75, 3.05) is 5.06 Å². The van der Waals surface area contributed by atoms with Crippen molar-refractivity contribution in [3.63, 3.8) is 0 Å². The molecule has 2 N–H and O–H groups in total. The summed E-state index contributed by atoms with van der Waals surface area (Å²) in [6, 6.07) is -1.70. The van der Waals surface area contributed by atoms with Crippen LogP contribution in [0.2, 0.25) is 0 Å². The molecule has 0 aliphatic rings. The molecule has 2 heterocycles. The molecule has 2 aromatic rings. The van der Waals surface area contributed by atoms with Gasteiger partial charge in [0.15, 0.2) is 0 Å². The second-order valence-corrected chi connectivity index (χ2v) is 2.79. The molecular weight excluding hydrogens is 254 g/mol. The predicted octanol–water partition coefficient (Wildman–Crippen LogP) is 0.136. The number of hydrogen-bond acceptors (Lipinski definition) is 10. The first-order valence-electron chi connectivity index (χ1n) is 4.15. The third-order valence-electron chi connectivity index (χ3n) is 1.74. The lowest BCUT2D eigenvalue weighted by Crippen LogP contribution is -2.13. The Hall–Kier alpha value is -3.09. The quantitative estimate of drug-likeness (QED) is 0.564. The molecule has 94 valence electrons. The maximum atomic E-state index is 10.6. The van der Waals surface area contributed by atoms with Crippen LogP contribution in [0.3, 0.4) is 0 Å². The number of rotatable bonds is 4. The van der Waals surface area contributed by atoms with E-state index in [9.17, 15) is 25.4 Å². The maximum absolute atomic E-state index is 10.6. The molecule has 0 fully saturated rings. The van der Waals surface area contributed by atoms with E-state index in [1.165, 1.54) is 0 Å². The minimum Gasteiger partial charge on any atom is -0.355 e. The Balaban J connectivity index is 2.35. The zero-order valence-electron chi connectivity index (χ0n) is 8.25. The largest absolute Gasteiger partial charge is 0.573 e. The molecule has 2 aromatic heterocycles. The summed E-state index contributed by atoms with van der Waals surface area (Å²) in [6.07, 6.45) is 0.906. The van der Waals surface area contributed by atoms with Crippen LogP contribution in [0.25, 0.3) is 0 Å². The van der Waals surface area contributed by atoms with Gasteiger partial charge in [-0.1, -0.05) is 0 Å². The number of aromatic amines is 1. The maximum Gasteiger partial charge on any atom is 0.573 e. The molecule has 0 saturated heterocycles. The number of H-pyrrole nitrogens is 1. The number of hydrogen-bond donors (Lipinski definition) is 2. The number of nitrogens with zero attached hydrogens (tertiary/aromatic N) is 6. The first-order chi connectivity index (χ1) is 8.50. The van der Waals surface area contributed by atoms with E-state index in [1.807, 2.05) is 0 Å². The van der Waals surface area contributed by atoms with Gasteiger partial charge in [0.05, 0.1) is 4.92 Å². The molecule has 13 heteroatoms. The lowest BCUT2D eigenvalue weighted by molar-refractivity contribution is -0.407. The Morgan fingerprint density at radius 1 is 1.33 bits per heavy atom. The molecule has 0 aromatic carbocycles. The van der Waals surface area contributed by atoms with Gasteiger partial charge in [-0.25, -0.2) is 0 Å². The summed E-state index contributed by atoms with van der Waals surface area (Å²) >= 11 is 0. The molecule has 0 aliphatic heterocycles. The highest BCUT2D eigenvalue weighted by molar-refractivity contribution is 5.59.